The molecule has 4 N–H and O–H groups in total. The lowest BCUT2D eigenvalue weighted by Gasteiger charge is -2.09. The summed E-state index contributed by atoms with van der Waals surface area (Å²) < 4.78 is 31.2. The van der Waals surface area contributed by atoms with Gasteiger partial charge in [-0.05, 0) is 30.3 Å². The number of nitrogens with two attached hydrogens (primary N) is 2. The second-order valence-electron chi connectivity index (χ2n) is 3.47. The standard InChI is InChI=1S/C12H10F2N2O/c13-7-1-3-11(9(14)5-7)17-12-4-2-8(15)6-10(12)16/h1-6H,15-16H2. The fraction of sp³-hybridized carbons (Fsp3) is 0. The topological polar surface area (TPSA) is 61.3 Å². The number of benzene rings is 2. The summed E-state index contributed by atoms with van der Waals surface area (Å²) in [6, 6.07) is 7.63. The zero-order chi connectivity index (χ0) is 12.4. The molecule has 0 aliphatic carbocycles. The summed E-state index contributed by atoms with van der Waals surface area (Å²) in [6.45, 7) is 0. The van der Waals surface area contributed by atoms with Crippen LogP contribution in [0.3, 0.4) is 0 Å². The quantitative estimate of drug-likeness (QED) is 0.788. The SMILES string of the molecule is Nc1ccc(Oc2ccc(F)cc2F)c(N)c1. The highest BCUT2D eigenvalue weighted by Gasteiger charge is 2.08. The van der Waals surface area contributed by atoms with Crippen LogP contribution in [0.15, 0.2) is 36.4 Å². The van der Waals surface area contributed by atoms with Crippen molar-refractivity contribution in [3.8, 4) is 11.5 Å². The Hall–Kier alpha value is -2.30. The average Bonchev–Trinajstić information content (AvgIpc) is 2.25. The van der Waals surface area contributed by atoms with Gasteiger partial charge in [0.15, 0.2) is 17.3 Å². The average molecular weight is 236 g/mol. The van der Waals surface area contributed by atoms with Crippen molar-refractivity contribution in [2.45, 2.75) is 0 Å². The monoisotopic (exact) mass is 236 g/mol. The van der Waals surface area contributed by atoms with Gasteiger partial charge in [-0.2, -0.15) is 0 Å². The van der Waals surface area contributed by atoms with Crippen LogP contribution in [-0.4, -0.2) is 0 Å². The molecular weight excluding hydrogens is 226 g/mol. The first-order valence-corrected chi connectivity index (χ1v) is 4.84. The highest BCUT2D eigenvalue weighted by Crippen LogP contribution is 2.30. The number of halogens is 2. The number of ether oxygens (including phenoxy) is 1. The molecule has 88 valence electrons. The summed E-state index contributed by atoms with van der Waals surface area (Å²) in [7, 11) is 0. The van der Waals surface area contributed by atoms with Gasteiger partial charge in [0.1, 0.15) is 5.82 Å². The Morgan fingerprint density at radius 2 is 1.59 bits per heavy atom. The van der Waals surface area contributed by atoms with Crippen LogP contribution < -0.4 is 16.2 Å². The molecule has 0 aromatic heterocycles. The van der Waals surface area contributed by atoms with Crippen LogP contribution in [0, 0.1) is 11.6 Å². The zero-order valence-electron chi connectivity index (χ0n) is 8.78. The van der Waals surface area contributed by atoms with Crippen molar-refractivity contribution >= 4 is 11.4 Å². The van der Waals surface area contributed by atoms with Gasteiger partial charge >= 0.3 is 0 Å². The van der Waals surface area contributed by atoms with E-state index in [1.165, 1.54) is 18.2 Å². The third-order valence-corrected chi connectivity index (χ3v) is 2.15. The third kappa shape index (κ3) is 2.44. The zero-order valence-corrected chi connectivity index (χ0v) is 8.78. The van der Waals surface area contributed by atoms with Gasteiger partial charge in [-0.15, -0.1) is 0 Å². The van der Waals surface area contributed by atoms with Crippen LogP contribution in [0.2, 0.25) is 0 Å². The Morgan fingerprint density at radius 3 is 2.24 bits per heavy atom. The molecule has 0 unspecified atom stereocenters. The van der Waals surface area contributed by atoms with Gasteiger partial charge in [0, 0.05) is 11.8 Å². The van der Waals surface area contributed by atoms with Crippen molar-refractivity contribution in [3.63, 3.8) is 0 Å². The Bertz CT molecular complexity index is 509. The van der Waals surface area contributed by atoms with E-state index in [4.69, 9.17) is 16.2 Å². The van der Waals surface area contributed by atoms with E-state index in [1.807, 2.05) is 0 Å². The Balaban J connectivity index is 2.31. The van der Waals surface area contributed by atoms with Crippen molar-refractivity contribution < 1.29 is 13.5 Å². The van der Waals surface area contributed by atoms with Crippen LogP contribution in [0.5, 0.6) is 11.5 Å². The molecule has 0 saturated carbocycles. The lowest BCUT2D eigenvalue weighted by atomic mass is 10.2. The number of hydrogen-bond acceptors (Lipinski definition) is 3. The van der Waals surface area contributed by atoms with E-state index in [2.05, 4.69) is 0 Å². The highest BCUT2D eigenvalue weighted by atomic mass is 19.1. The second-order valence-corrected chi connectivity index (χ2v) is 3.47. The van der Waals surface area contributed by atoms with Crippen LogP contribution >= 0.6 is 0 Å². The summed E-state index contributed by atoms with van der Waals surface area (Å²) in [4.78, 5) is 0. The maximum absolute atomic E-state index is 13.3. The number of rotatable bonds is 2. The number of anilines is 2. The molecule has 0 fully saturated rings. The molecular formula is C12H10F2N2O. The first-order valence-electron chi connectivity index (χ1n) is 4.84. The molecule has 2 aromatic rings. The van der Waals surface area contributed by atoms with E-state index in [1.54, 1.807) is 6.07 Å². The lowest BCUT2D eigenvalue weighted by Crippen LogP contribution is -1.95. The molecule has 0 atom stereocenters. The van der Waals surface area contributed by atoms with E-state index in [0.717, 1.165) is 12.1 Å². The van der Waals surface area contributed by atoms with Crippen molar-refractivity contribution in [3.05, 3.63) is 48.0 Å². The van der Waals surface area contributed by atoms with Crippen molar-refractivity contribution in [2.24, 2.45) is 0 Å². The molecule has 2 aromatic carbocycles. The normalized spacial score (nSPS) is 10.2. The van der Waals surface area contributed by atoms with E-state index in [-0.39, 0.29) is 17.2 Å². The maximum Gasteiger partial charge on any atom is 0.168 e. The van der Waals surface area contributed by atoms with Gasteiger partial charge in [0.25, 0.3) is 0 Å². The molecule has 0 aliphatic rings. The molecule has 0 amide bonds. The minimum atomic E-state index is -0.791. The molecule has 2 rings (SSSR count). The fourth-order valence-electron chi connectivity index (χ4n) is 1.34. The molecule has 0 radical (unpaired) electrons. The summed E-state index contributed by atoms with van der Waals surface area (Å²) in [5.74, 6) is -1.28. The molecule has 0 spiro atoms. The van der Waals surface area contributed by atoms with Gasteiger partial charge < -0.3 is 16.2 Å². The molecule has 17 heavy (non-hydrogen) atoms. The third-order valence-electron chi connectivity index (χ3n) is 2.15. The molecule has 0 aliphatic heterocycles. The first-order chi connectivity index (χ1) is 8.06. The van der Waals surface area contributed by atoms with Crippen LogP contribution in [0.1, 0.15) is 0 Å². The van der Waals surface area contributed by atoms with Crippen molar-refractivity contribution in [1.82, 2.24) is 0 Å². The highest BCUT2D eigenvalue weighted by molar-refractivity contribution is 5.61. The summed E-state index contributed by atoms with van der Waals surface area (Å²) in [5, 5.41) is 0. The minimum Gasteiger partial charge on any atom is -0.452 e. The lowest BCUT2D eigenvalue weighted by molar-refractivity contribution is 0.439. The van der Waals surface area contributed by atoms with Crippen molar-refractivity contribution in [2.75, 3.05) is 11.5 Å². The summed E-state index contributed by atoms with van der Waals surface area (Å²) in [6.07, 6.45) is 0. The van der Waals surface area contributed by atoms with Gasteiger partial charge in [-0.1, -0.05) is 0 Å². The van der Waals surface area contributed by atoms with E-state index in [9.17, 15) is 8.78 Å². The minimum absolute atomic E-state index is 0.0946. The number of hydrogen-bond donors (Lipinski definition) is 2. The molecule has 3 nitrogen and oxygen atoms in total. The fourth-order valence-corrected chi connectivity index (χ4v) is 1.34. The van der Waals surface area contributed by atoms with Gasteiger partial charge in [0.05, 0.1) is 5.69 Å². The predicted molar refractivity (Wildman–Crippen MR) is 61.7 cm³/mol. The maximum atomic E-state index is 13.3. The predicted octanol–water partition coefficient (Wildman–Crippen LogP) is 2.92. The van der Waals surface area contributed by atoms with Gasteiger partial charge in [0.2, 0.25) is 0 Å². The molecule has 0 bridgehead atoms. The van der Waals surface area contributed by atoms with Gasteiger partial charge in [-0.3, -0.25) is 0 Å². The summed E-state index contributed by atoms with van der Waals surface area (Å²) >= 11 is 0. The summed E-state index contributed by atoms with van der Waals surface area (Å²) in [5.41, 5.74) is 11.9. The van der Waals surface area contributed by atoms with Crippen LogP contribution in [0.25, 0.3) is 0 Å². The number of nitrogen functional groups attached to an aromatic ring is 2. The largest absolute Gasteiger partial charge is 0.452 e. The van der Waals surface area contributed by atoms with Crippen LogP contribution in [0.4, 0.5) is 20.2 Å². The van der Waals surface area contributed by atoms with E-state index < -0.39 is 11.6 Å². The van der Waals surface area contributed by atoms with Crippen LogP contribution in [-0.2, 0) is 0 Å². The smallest absolute Gasteiger partial charge is 0.168 e. The van der Waals surface area contributed by atoms with Crippen molar-refractivity contribution in [1.29, 1.82) is 0 Å². The van der Waals surface area contributed by atoms with Gasteiger partial charge in [-0.25, -0.2) is 8.78 Å². The molecule has 5 heteroatoms. The molecule has 0 heterocycles. The van der Waals surface area contributed by atoms with E-state index in [0.29, 0.717) is 5.69 Å². The van der Waals surface area contributed by atoms with E-state index >= 15 is 0 Å². The molecule has 0 saturated heterocycles. The first kappa shape index (κ1) is 11.2. The Morgan fingerprint density at radius 1 is 0.882 bits per heavy atom. The Kier molecular flexibility index (Phi) is 2.82. The second kappa shape index (κ2) is 4.29. The Labute approximate surface area is 96.6 Å².